The van der Waals surface area contributed by atoms with E-state index in [2.05, 4.69) is 61.5 Å². The van der Waals surface area contributed by atoms with Gasteiger partial charge < -0.3 is 20.4 Å². The van der Waals surface area contributed by atoms with E-state index < -0.39 is 0 Å². The van der Waals surface area contributed by atoms with E-state index in [1.54, 1.807) is 18.4 Å². The summed E-state index contributed by atoms with van der Waals surface area (Å²) in [7, 11) is 3.94. The van der Waals surface area contributed by atoms with Crippen molar-refractivity contribution >= 4 is 47.1 Å². The first-order chi connectivity index (χ1) is 13.0. The molecule has 0 unspecified atom stereocenters. The SMILES string of the molecule is CN=C(NCc1ccc(N2CCN(C)CC2)nc1)NCc1nc(C)c(C)s1.I. The second-order valence-corrected chi connectivity index (χ2v) is 8.13. The number of guanidine groups is 1. The highest BCUT2D eigenvalue weighted by Gasteiger charge is 2.15. The number of halogens is 1. The molecule has 28 heavy (non-hydrogen) atoms. The van der Waals surface area contributed by atoms with Gasteiger partial charge in [0.15, 0.2) is 5.96 Å². The zero-order valence-corrected chi connectivity index (χ0v) is 20.2. The predicted octanol–water partition coefficient (Wildman–Crippen LogP) is 2.39. The minimum atomic E-state index is 0. The normalized spacial score (nSPS) is 15.3. The maximum absolute atomic E-state index is 4.64. The number of nitrogens with zero attached hydrogens (tertiary/aromatic N) is 5. The third kappa shape index (κ3) is 6.28. The monoisotopic (exact) mass is 515 g/mol. The highest BCUT2D eigenvalue weighted by Crippen LogP contribution is 2.16. The summed E-state index contributed by atoms with van der Waals surface area (Å²) >= 11 is 1.72. The molecule has 2 aromatic rings. The first kappa shape index (κ1) is 22.8. The molecule has 0 spiro atoms. The smallest absolute Gasteiger partial charge is 0.191 e. The van der Waals surface area contributed by atoms with Gasteiger partial charge in [-0.2, -0.15) is 0 Å². The Morgan fingerprint density at radius 1 is 1.14 bits per heavy atom. The number of pyridine rings is 1. The van der Waals surface area contributed by atoms with Crippen LogP contribution in [0.3, 0.4) is 0 Å². The van der Waals surface area contributed by atoms with Crippen molar-refractivity contribution in [1.29, 1.82) is 0 Å². The lowest BCUT2D eigenvalue weighted by Crippen LogP contribution is -2.44. The van der Waals surface area contributed by atoms with Crippen LogP contribution in [0.4, 0.5) is 5.82 Å². The van der Waals surface area contributed by atoms with Crippen LogP contribution in [0, 0.1) is 13.8 Å². The van der Waals surface area contributed by atoms with Crippen molar-refractivity contribution < 1.29 is 0 Å². The van der Waals surface area contributed by atoms with Crippen LogP contribution in [-0.2, 0) is 13.1 Å². The number of aromatic nitrogens is 2. The Labute approximate surface area is 188 Å². The molecular weight excluding hydrogens is 485 g/mol. The first-order valence-electron chi connectivity index (χ1n) is 9.31. The second kappa shape index (κ2) is 10.9. The van der Waals surface area contributed by atoms with Crippen LogP contribution in [0.15, 0.2) is 23.3 Å². The van der Waals surface area contributed by atoms with Crippen LogP contribution in [0.5, 0.6) is 0 Å². The van der Waals surface area contributed by atoms with Crippen LogP contribution in [0.1, 0.15) is 21.1 Å². The van der Waals surface area contributed by atoms with Gasteiger partial charge in [0.05, 0.1) is 12.2 Å². The van der Waals surface area contributed by atoms with E-state index in [4.69, 9.17) is 0 Å². The maximum Gasteiger partial charge on any atom is 0.191 e. The molecule has 0 radical (unpaired) electrons. The van der Waals surface area contributed by atoms with E-state index >= 15 is 0 Å². The summed E-state index contributed by atoms with van der Waals surface area (Å²) in [4.78, 5) is 19.4. The summed E-state index contributed by atoms with van der Waals surface area (Å²) < 4.78 is 0. The molecule has 1 saturated heterocycles. The Morgan fingerprint density at radius 2 is 1.86 bits per heavy atom. The van der Waals surface area contributed by atoms with Crippen molar-refractivity contribution in [1.82, 2.24) is 25.5 Å². The molecule has 1 aliphatic heterocycles. The number of anilines is 1. The van der Waals surface area contributed by atoms with Crippen molar-refractivity contribution in [2.45, 2.75) is 26.9 Å². The summed E-state index contributed by atoms with van der Waals surface area (Å²) in [5, 5.41) is 7.73. The van der Waals surface area contributed by atoms with Gasteiger partial charge in [0.2, 0.25) is 0 Å². The zero-order valence-electron chi connectivity index (χ0n) is 17.0. The molecule has 0 amide bonds. The Kier molecular flexibility index (Phi) is 8.90. The van der Waals surface area contributed by atoms with Gasteiger partial charge in [0.25, 0.3) is 0 Å². The fraction of sp³-hybridized carbons (Fsp3) is 0.526. The van der Waals surface area contributed by atoms with Crippen LogP contribution >= 0.6 is 35.3 Å². The Morgan fingerprint density at radius 3 is 2.43 bits per heavy atom. The highest BCUT2D eigenvalue weighted by atomic mass is 127. The van der Waals surface area contributed by atoms with Crippen LogP contribution in [0.2, 0.25) is 0 Å². The lowest BCUT2D eigenvalue weighted by atomic mass is 10.2. The summed E-state index contributed by atoms with van der Waals surface area (Å²) in [6.07, 6.45) is 1.95. The van der Waals surface area contributed by atoms with E-state index in [9.17, 15) is 0 Å². The van der Waals surface area contributed by atoms with Crippen molar-refractivity contribution in [3.05, 3.63) is 39.5 Å². The molecule has 3 heterocycles. The molecule has 2 N–H and O–H groups in total. The number of thiazole rings is 1. The molecule has 0 saturated carbocycles. The number of likely N-dealkylation sites (N-methyl/N-ethyl adjacent to an activating group) is 1. The summed E-state index contributed by atoms with van der Waals surface area (Å²) in [6.45, 7) is 9.76. The van der Waals surface area contributed by atoms with Crippen molar-refractivity contribution in [3.63, 3.8) is 0 Å². The number of hydrogen-bond acceptors (Lipinski definition) is 6. The lowest BCUT2D eigenvalue weighted by Gasteiger charge is -2.33. The molecule has 0 atom stereocenters. The average Bonchev–Trinajstić information content (AvgIpc) is 3.01. The summed E-state index contributed by atoms with van der Waals surface area (Å²) in [5.41, 5.74) is 2.24. The van der Waals surface area contributed by atoms with Crippen LogP contribution in [0.25, 0.3) is 0 Å². The van der Waals surface area contributed by atoms with Gasteiger partial charge in [-0.15, -0.1) is 35.3 Å². The highest BCUT2D eigenvalue weighted by molar-refractivity contribution is 14.0. The minimum Gasteiger partial charge on any atom is -0.354 e. The molecule has 2 aromatic heterocycles. The number of rotatable bonds is 5. The van der Waals surface area contributed by atoms with Gasteiger partial charge >= 0.3 is 0 Å². The van der Waals surface area contributed by atoms with E-state index in [1.807, 2.05) is 13.1 Å². The Hall–Kier alpha value is -1.46. The van der Waals surface area contributed by atoms with E-state index in [0.717, 1.165) is 54.2 Å². The van der Waals surface area contributed by atoms with Gasteiger partial charge in [-0.05, 0) is 32.5 Å². The first-order valence-corrected chi connectivity index (χ1v) is 10.1. The van der Waals surface area contributed by atoms with Crippen molar-refractivity contribution in [3.8, 4) is 0 Å². The fourth-order valence-electron chi connectivity index (χ4n) is 2.92. The van der Waals surface area contributed by atoms with E-state index in [0.29, 0.717) is 13.1 Å². The zero-order chi connectivity index (χ0) is 19.2. The Bertz CT molecular complexity index is 748. The van der Waals surface area contributed by atoms with Gasteiger partial charge in [-0.25, -0.2) is 9.97 Å². The van der Waals surface area contributed by atoms with Gasteiger partial charge in [0, 0.05) is 50.8 Å². The van der Waals surface area contributed by atoms with Gasteiger partial charge in [-0.3, -0.25) is 4.99 Å². The molecule has 154 valence electrons. The molecule has 0 aliphatic carbocycles. The summed E-state index contributed by atoms with van der Waals surface area (Å²) in [6, 6.07) is 4.24. The second-order valence-electron chi connectivity index (χ2n) is 6.84. The minimum absolute atomic E-state index is 0. The lowest BCUT2D eigenvalue weighted by molar-refractivity contribution is 0.312. The number of aryl methyl sites for hydroxylation is 2. The average molecular weight is 515 g/mol. The van der Waals surface area contributed by atoms with Gasteiger partial charge in [-0.1, -0.05) is 6.07 Å². The molecule has 1 fully saturated rings. The summed E-state index contributed by atoms with van der Waals surface area (Å²) in [5.74, 6) is 1.83. The van der Waals surface area contributed by atoms with Gasteiger partial charge in [0.1, 0.15) is 10.8 Å². The third-order valence-electron chi connectivity index (χ3n) is 4.80. The number of piperazine rings is 1. The topological polar surface area (TPSA) is 68.7 Å². The molecule has 9 heteroatoms. The predicted molar refractivity (Wildman–Crippen MR) is 128 cm³/mol. The maximum atomic E-state index is 4.64. The number of hydrogen-bond donors (Lipinski definition) is 2. The molecular formula is C19H30IN7S. The third-order valence-corrected chi connectivity index (χ3v) is 5.87. The Balaban J connectivity index is 0.00000280. The molecule has 7 nitrogen and oxygen atoms in total. The largest absolute Gasteiger partial charge is 0.354 e. The molecule has 0 aromatic carbocycles. The number of aliphatic imine (C=N–C) groups is 1. The van der Waals surface area contributed by atoms with E-state index in [-0.39, 0.29) is 24.0 Å². The van der Waals surface area contributed by atoms with Crippen molar-refractivity contribution in [2.24, 2.45) is 4.99 Å². The number of nitrogens with one attached hydrogen (secondary N) is 2. The quantitative estimate of drug-likeness (QED) is 0.362. The van der Waals surface area contributed by atoms with Crippen LogP contribution < -0.4 is 15.5 Å². The molecule has 0 bridgehead atoms. The molecule has 1 aliphatic rings. The standard InChI is InChI=1S/C19H29N7S.HI/c1-14-15(2)27-18(24-14)13-23-19(20-3)22-12-16-5-6-17(21-11-16)26-9-7-25(4)8-10-26;/h5-6,11H,7-10,12-13H2,1-4H3,(H2,20,22,23);1H. The molecule has 3 rings (SSSR count). The van der Waals surface area contributed by atoms with Crippen molar-refractivity contribution in [2.75, 3.05) is 45.2 Å². The van der Waals surface area contributed by atoms with E-state index in [1.165, 1.54) is 4.88 Å². The van der Waals surface area contributed by atoms with Crippen LogP contribution in [-0.4, -0.2) is 61.1 Å². The fourth-order valence-corrected chi connectivity index (χ4v) is 3.80.